The van der Waals surface area contributed by atoms with Gasteiger partial charge in [0.1, 0.15) is 5.82 Å². The van der Waals surface area contributed by atoms with Crippen LogP contribution in [0.1, 0.15) is 11.1 Å². The molecule has 0 fully saturated rings. The number of rotatable bonds is 3. The van der Waals surface area contributed by atoms with E-state index in [4.69, 9.17) is 5.73 Å². The number of hydrogen-bond acceptors (Lipinski definition) is 2. The predicted molar refractivity (Wildman–Crippen MR) is 72.7 cm³/mol. The first-order valence-corrected chi connectivity index (χ1v) is 6.29. The van der Waals surface area contributed by atoms with Gasteiger partial charge in [-0.1, -0.05) is 52.3 Å². The summed E-state index contributed by atoms with van der Waals surface area (Å²) in [5.74, 6) is -1.74. The lowest BCUT2D eigenvalue weighted by atomic mass is 9.85. The molecule has 0 radical (unpaired) electrons. The molecule has 0 spiro atoms. The normalized spacial score (nSPS) is 13.8. The maximum Gasteiger partial charge on any atom is 0.258 e. The number of primary amides is 1. The highest BCUT2D eigenvalue weighted by Crippen LogP contribution is 2.32. The third-order valence-corrected chi connectivity index (χ3v) is 3.36. The lowest BCUT2D eigenvalue weighted by Gasteiger charge is -2.26. The van der Waals surface area contributed by atoms with E-state index in [1.165, 1.54) is 30.3 Å². The van der Waals surface area contributed by atoms with E-state index in [1.54, 1.807) is 18.2 Å². The summed E-state index contributed by atoms with van der Waals surface area (Å²) in [7, 11) is 0. The van der Waals surface area contributed by atoms with Crippen molar-refractivity contribution >= 4 is 21.8 Å². The second kappa shape index (κ2) is 5.11. The fourth-order valence-electron chi connectivity index (χ4n) is 1.89. The van der Waals surface area contributed by atoms with Gasteiger partial charge < -0.3 is 10.8 Å². The Morgan fingerprint density at radius 3 is 2.37 bits per heavy atom. The van der Waals surface area contributed by atoms with E-state index in [-0.39, 0.29) is 11.1 Å². The van der Waals surface area contributed by atoms with Crippen LogP contribution in [0.2, 0.25) is 0 Å². The molecule has 2 rings (SSSR count). The zero-order valence-electron chi connectivity index (χ0n) is 9.81. The summed E-state index contributed by atoms with van der Waals surface area (Å²) in [6, 6.07) is 12.1. The number of halogens is 2. The number of carbonyl (C=O) groups excluding carboxylic acids is 1. The molecule has 0 aliphatic carbocycles. The van der Waals surface area contributed by atoms with Crippen LogP contribution in [0.15, 0.2) is 53.0 Å². The van der Waals surface area contributed by atoms with Crippen molar-refractivity contribution in [1.29, 1.82) is 0 Å². The number of benzene rings is 2. The minimum atomic E-state index is -2.19. The lowest BCUT2D eigenvalue weighted by molar-refractivity contribution is -0.133. The molecular weight excluding hydrogens is 313 g/mol. The van der Waals surface area contributed by atoms with Crippen molar-refractivity contribution in [3.63, 3.8) is 0 Å². The van der Waals surface area contributed by atoms with Crippen LogP contribution in [0.3, 0.4) is 0 Å². The van der Waals surface area contributed by atoms with E-state index in [9.17, 15) is 14.3 Å². The first-order chi connectivity index (χ1) is 8.96. The van der Waals surface area contributed by atoms with Gasteiger partial charge in [0.05, 0.1) is 0 Å². The summed E-state index contributed by atoms with van der Waals surface area (Å²) >= 11 is 3.12. The molecule has 19 heavy (non-hydrogen) atoms. The summed E-state index contributed by atoms with van der Waals surface area (Å²) in [6.45, 7) is 0. The van der Waals surface area contributed by atoms with Crippen molar-refractivity contribution in [3.05, 3.63) is 69.9 Å². The van der Waals surface area contributed by atoms with E-state index in [2.05, 4.69) is 15.9 Å². The number of amides is 1. The first-order valence-electron chi connectivity index (χ1n) is 5.49. The minimum Gasteiger partial charge on any atom is -0.372 e. The van der Waals surface area contributed by atoms with Crippen LogP contribution in [0.25, 0.3) is 0 Å². The summed E-state index contributed by atoms with van der Waals surface area (Å²) in [4.78, 5) is 11.7. The Morgan fingerprint density at radius 1 is 1.21 bits per heavy atom. The quantitative estimate of drug-likeness (QED) is 0.910. The fourth-order valence-corrected chi connectivity index (χ4v) is 2.23. The average molecular weight is 324 g/mol. The molecule has 2 aromatic carbocycles. The predicted octanol–water partition coefficient (Wildman–Crippen LogP) is 2.31. The topological polar surface area (TPSA) is 63.3 Å². The van der Waals surface area contributed by atoms with Gasteiger partial charge in [0.15, 0.2) is 5.60 Å². The highest BCUT2D eigenvalue weighted by Gasteiger charge is 2.40. The third kappa shape index (κ3) is 2.39. The molecule has 0 heterocycles. The van der Waals surface area contributed by atoms with Crippen molar-refractivity contribution in [1.82, 2.24) is 0 Å². The molecule has 0 bridgehead atoms. The Labute approximate surface area is 118 Å². The summed E-state index contributed by atoms with van der Waals surface area (Å²) in [5.41, 5.74) is 3.14. The number of hydrogen-bond donors (Lipinski definition) is 2. The molecule has 3 N–H and O–H groups in total. The Hall–Kier alpha value is -1.72. The van der Waals surface area contributed by atoms with E-state index < -0.39 is 17.3 Å². The number of nitrogens with two attached hydrogens (primary N) is 1. The van der Waals surface area contributed by atoms with Gasteiger partial charge >= 0.3 is 0 Å². The van der Waals surface area contributed by atoms with Crippen LogP contribution in [-0.2, 0) is 10.4 Å². The SMILES string of the molecule is NC(=O)C(O)(c1ccccc1)c1ccc(Br)cc1F. The van der Waals surface area contributed by atoms with Crippen LogP contribution >= 0.6 is 15.9 Å². The highest BCUT2D eigenvalue weighted by atomic mass is 79.9. The van der Waals surface area contributed by atoms with Crippen molar-refractivity contribution in [2.24, 2.45) is 5.73 Å². The molecule has 1 atom stereocenters. The second-order valence-corrected chi connectivity index (χ2v) is 4.98. The smallest absolute Gasteiger partial charge is 0.258 e. The highest BCUT2D eigenvalue weighted by molar-refractivity contribution is 9.10. The fraction of sp³-hybridized carbons (Fsp3) is 0.0714. The Bertz CT molecular complexity index is 618. The van der Waals surface area contributed by atoms with Gasteiger partial charge in [-0.25, -0.2) is 4.39 Å². The van der Waals surface area contributed by atoms with Gasteiger partial charge in [0, 0.05) is 10.0 Å². The third-order valence-electron chi connectivity index (χ3n) is 2.87. The molecule has 1 unspecified atom stereocenters. The molecule has 0 saturated heterocycles. The van der Waals surface area contributed by atoms with Crippen LogP contribution < -0.4 is 5.73 Å². The number of aliphatic hydroxyl groups is 1. The molecule has 1 amide bonds. The molecule has 0 aromatic heterocycles. The molecule has 98 valence electrons. The maximum absolute atomic E-state index is 14.0. The van der Waals surface area contributed by atoms with Gasteiger partial charge in [-0.3, -0.25) is 4.79 Å². The van der Waals surface area contributed by atoms with Gasteiger partial charge in [0.25, 0.3) is 5.91 Å². The van der Waals surface area contributed by atoms with Gasteiger partial charge in [-0.2, -0.15) is 0 Å². The molecular formula is C14H11BrFNO2. The lowest BCUT2D eigenvalue weighted by Crippen LogP contribution is -2.42. The summed E-state index contributed by atoms with van der Waals surface area (Å²) < 4.78 is 14.5. The van der Waals surface area contributed by atoms with E-state index in [1.807, 2.05) is 0 Å². The molecule has 0 saturated carbocycles. The molecule has 2 aromatic rings. The maximum atomic E-state index is 14.0. The minimum absolute atomic E-state index is 0.172. The summed E-state index contributed by atoms with van der Waals surface area (Å²) in [6.07, 6.45) is 0. The van der Waals surface area contributed by atoms with Gasteiger partial charge in [-0.15, -0.1) is 0 Å². The first kappa shape index (κ1) is 13.7. The molecule has 0 aliphatic heterocycles. The van der Waals surface area contributed by atoms with Crippen LogP contribution in [0.5, 0.6) is 0 Å². The Balaban J connectivity index is 2.67. The standard InChI is InChI=1S/C14H11BrFNO2/c15-10-6-7-11(12(16)8-10)14(19,13(17)18)9-4-2-1-3-5-9/h1-8,19H,(H2,17,18). The van der Waals surface area contributed by atoms with E-state index in [0.29, 0.717) is 4.47 Å². The van der Waals surface area contributed by atoms with E-state index in [0.717, 1.165) is 0 Å². The molecule has 0 aliphatic rings. The van der Waals surface area contributed by atoms with Gasteiger partial charge in [-0.05, 0) is 17.7 Å². The number of carbonyl (C=O) groups is 1. The summed E-state index contributed by atoms with van der Waals surface area (Å²) in [5, 5.41) is 10.6. The van der Waals surface area contributed by atoms with Crippen LogP contribution in [0.4, 0.5) is 4.39 Å². The Kier molecular flexibility index (Phi) is 3.68. The molecule has 3 nitrogen and oxygen atoms in total. The van der Waals surface area contributed by atoms with Crippen LogP contribution in [-0.4, -0.2) is 11.0 Å². The Morgan fingerprint density at radius 2 is 1.84 bits per heavy atom. The van der Waals surface area contributed by atoms with Crippen molar-refractivity contribution < 1.29 is 14.3 Å². The zero-order chi connectivity index (χ0) is 14.0. The zero-order valence-corrected chi connectivity index (χ0v) is 11.4. The molecule has 5 heteroatoms. The van der Waals surface area contributed by atoms with E-state index >= 15 is 0 Å². The van der Waals surface area contributed by atoms with Crippen molar-refractivity contribution in [2.75, 3.05) is 0 Å². The van der Waals surface area contributed by atoms with Crippen molar-refractivity contribution in [2.45, 2.75) is 5.60 Å². The van der Waals surface area contributed by atoms with Crippen LogP contribution in [0, 0.1) is 5.82 Å². The monoisotopic (exact) mass is 323 g/mol. The van der Waals surface area contributed by atoms with Crippen molar-refractivity contribution in [3.8, 4) is 0 Å². The average Bonchev–Trinajstić information content (AvgIpc) is 2.38. The van der Waals surface area contributed by atoms with Gasteiger partial charge in [0.2, 0.25) is 0 Å². The largest absolute Gasteiger partial charge is 0.372 e. The second-order valence-electron chi connectivity index (χ2n) is 4.06.